The molecule has 0 bridgehead atoms. The van der Waals surface area contributed by atoms with E-state index in [0.717, 1.165) is 16.9 Å². The second kappa shape index (κ2) is 4.60. The van der Waals surface area contributed by atoms with Gasteiger partial charge < -0.3 is 9.84 Å². The minimum atomic E-state index is -1.00. The van der Waals surface area contributed by atoms with Gasteiger partial charge in [0.1, 0.15) is 11.4 Å². The minimum absolute atomic E-state index is 0.749. The maximum atomic E-state index is 10.6. The molecule has 0 aliphatic carbocycles. The summed E-state index contributed by atoms with van der Waals surface area (Å²) >= 11 is 0. The van der Waals surface area contributed by atoms with Gasteiger partial charge in [0, 0.05) is 0 Å². The van der Waals surface area contributed by atoms with Gasteiger partial charge >= 0.3 is 0 Å². The normalized spacial score (nSPS) is 14.1. The topological polar surface area (TPSA) is 29.5 Å². The molecular weight excluding hydrogens is 212 g/mol. The average molecular weight is 228 g/mol. The molecule has 2 aromatic rings. The molecule has 1 atom stereocenters. The van der Waals surface area contributed by atoms with Gasteiger partial charge in [0.15, 0.2) is 0 Å². The highest BCUT2D eigenvalue weighted by atomic mass is 16.5. The molecule has 17 heavy (non-hydrogen) atoms. The molecule has 2 aromatic carbocycles. The molecule has 0 aromatic heterocycles. The summed E-state index contributed by atoms with van der Waals surface area (Å²) in [5, 5.41) is 10.6. The van der Waals surface area contributed by atoms with E-state index in [1.54, 1.807) is 14.0 Å². The van der Waals surface area contributed by atoms with E-state index in [1.165, 1.54) is 0 Å². The molecule has 0 aliphatic heterocycles. The van der Waals surface area contributed by atoms with E-state index in [9.17, 15) is 5.11 Å². The Bertz CT molecular complexity index is 489. The molecule has 2 rings (SSSR count). The Balaban J connectivity index is 2.44. The summed E-state index contributed by atoms with van der Waals surface area (Å²) in [5.74, 6) is 0.749. The Morgan fingerprint density at radius 3 is 2.24 bits per heavy atom. The van der Waals surface area contributed by atoms with Crippen molar-refractivity contribution in [2.75, 3.05) is 7.11 Å². The first-order chi connectivity index (χ1) is 8.14. The van der Waals surface area contributed by atoms with Crippen LogP contribution in [0.2, 0.25) is 0 Å². The third kappa shape index (κ3) is 2.32. The Morgan fingerprint density at radius 2 is 1.59 bits per heavy atom. The molecule has 0 amide bonds. The molecule has 0 saturated heterocycles. The van der Waals surface area contributed by atoms with Crippen LogP contribution >= 0.6 is 0 Å². The van der Waals surface area contributed by atoms with Gasteiger partial charge in [-0.25, -0.2) is 0 Å². The largest absolute Gasteiger partial charge is 0.497 e. The molecule has 0 heterocycles. The van der Waals surface area contributed by atoms with Crippen molar-refractivity contribution in [3.63, 3.8) is 0 Å². The number of methoxy groups -OCH3 is 1. The Morgan fingerprint density at radius 1 is 0.941 bits per heavy atom. The zero-order chi connectivity index (χ0) is 12.3. The Labute approximate surface area is 101 Å². The third-order valence-corrected chi connectivity index (χ3v) is 2.97. The third-order valence-electron chi connectivity index (χ3n) is 2.97. The van der Waals surface area contributed by atoms with Crippen LogP contribution in [0.5, 0.6) is 5.75 Å². The van der Waals surface area contributed by atoms with Crippen LogP contribution in [0.25, 0.3) is 0 Å². The van der Waals surface area contributed by atoms with Crippen molar-refractivity contribution in [1.82, 2.24) is 0 Å². The van der Waals surface area contributed by atoms with Gasteiger partial charge in [-0.3, -0.25) is 0 Å². The monoisotopic (exact) mass is 228 g/mol. The van der Waals surface area contributed by atoms with E-state index in [2.05, 4.69) is 0 Å². The van der Waals surface area contributed by atoms with Crippen molar-refractivity contribution in [2.45, 2.75) is 12.5 Å². The fraction of sp³-hybridized carbons (Fsp3) is 0.200. The van der Waals surface area contributed by atoms with Crippen LogP contribution in [0, 0.1) is 0 Å². The van der Waals surface area contributed by atoms with Crippen LogP contribution < -0.4 is 4.74 Å². The van der Waals surface area contributed by atoms with Crippen molar-refractivity contribution in [1.29, 1.82) is 0 Å². The van der Waals surface area contributed by atoms with Gasteiger partial charge in [-0.05, 0) is 30.2 Å². The first-order valence-corrected chi connectivity index (χ1v) is 5.57. The molecule has 0 saturated carbocycles. The quantitative estimate of drug-likeness (QED) is 0.875. The molecule has 0 fully saturated rings. The summed E-state index contributed by atoms with van der Waals surface area (Å²) in [4.78, 5) is 0. The van der Waals surface area contributed by atoms with Crippen LogP contribution in [-0.4, -0.2) is 12.2 Å². The number of aliphatic hydroxyl groups is 1. The summed E-state index contributed by atoms with van der Waals surface area (Å²) < 4.78 is 5.17. The maximum absolute atomic E-state index is 10.6. The second-order valence-electron chi connectivity index (χ2n) is 4.17. The number of ether oxygens (including phenoxy) is 1. The van der Waals surface area contributed by atoms with Gasteiger partial charge in [-0.2, -0.15) is 0 Å². The summed E-state index contributed by atoms with van der Waals surface area (Å²) in [5.41, 5.74) is 0.687. The van der Waals surface area contributed by atoms with Gasteiger partial charge in [-0.15, -0.1) is 0 Å². The zero-order valence-electron chi connectivity index (χ0n) is 10.1. The van der Waals surface area contributed by atoms with Crippen molar-refractivity contribution < 1.29 is 9.84 Å². The molecule has 0 spiro atoms. The van der Waals surface area contributed by atoms with Crippen molar-refractivity contribution >= 4 is 0 Å². The molecule has 0 unspecified atom stereocenters. The summed E-state index contributed by atoms with van der Waals surface area (Å²) in [7, 11) is 1.62. The van der Waals surface area contributed by atoms with Gasteiger partial charge in [0.2, 0.25) is 0 Å². The van der Waals surface area contributed by atoms with E-state index in [1.807, 2.05) is 54.6 Å². The minimum Gasteiger partial charge on any atom is -0.497 e. The Hall–Kier alpha value is -1.80. The van der Waals surface area contributed by atoms with Crippen LogP contribution in [0.15, 0.2) is 54.6 Å². The van der Waals surface area contributed by atoms with Crippen LogP contribution in [-0.2, 0) is 5.60 Å². The second-order valence-corrected chi connectivity index (χ2v) is 4.17. The van der Waals surface area contributed by atoms with Crippen LogP contribution in [0.1, 0.15) is 18.1 Å². The smallest absolute Gasteiger partial charge is 0.119 e. The fourth-order valence-electron chi connectivity index (χ4n) is 1.86. The lowest BCUT2D eigenvalue weighted by molar-refractivity contribution is 0.102. The van der Waals surface area contributed by atoms with Crippen molar-refractivity contribution in [3.8, 4) is 5.75 Å². The zero-order valence-corrected chi connectivity index (χ0v) is 10.1. The molecule has 0 radical (unpaired) electrons. The van der Waals surface area contributed by atoms with Crippen LogP contribution in [0.4, 0.5) is 0 Å². The lowest BCUT2D eigenvalue weighted by Gasteiger charge is -2.24. The lowest BCUT2D eigenvalue weighted by atomic mass is 9.88. The fourth-order valence-corrected chi connectivity index (χ4v) is 1.86. The Kier molecular flexibility index (Phi) is 3.16. The molecule has 1 N–H and O–H groups in total. The van der Waals surface area contributed by atoms with E-state index in [4.69, 9.17) is 4.74 Å². The average Bonchev–Trinajstić information content (AvgIpc) is 2.40. The summed E-state index contributed by atoms with van der Waals surface area (Å²) in [6, 6.07) is 17.1. The highest BCUT2D eigenvalue weighted by Crippen LogP contribution is 2.30. The van der Waals surface area contributed by atoms with E-state index < -0.39 is 5.60 Å². The first kappa shape index (κ1) is 11.7. The molecule has 2 nitrogen and oxygen atoms in total. The van der Waals surface area contributed by atoms with Crippen molar-refractivity contribution in [3.05, 3.63) is 65.7 Å². The molecular formula is C15H16O2. The van der Waals surface area contributed by atoms with Crippen LogP contribution in [0.3, 0.4) is 0 Å². The predicted octanol–water partition coefficient (Wildman–Crippen LogP) is 2.95. The highest BCUT2D eigenvalue weighted by Gasteiger charge is 2.25. The van der Waals surface area contributed by atoms with E-state index in [0.29, 0.717) is 0 Å². The SMILES string of the molecule is COc1cccc([C@@](C)(O)c2ccccc2)c1. The van der Waals surface area contributed by atoms with Gasteiger partial charge in [0.05, 0.1) is 7.11 Å². The highest BCUT2D eigenvalue weighted by molar-refractivity contribution is 5.39. The van der Waals surface area contributed by atoms with E-state index >= 15 is 0 Å². The number of benzene rings is 2. The van der Waals surface area contributed by atoms with Gasteiger partial charge in [0.25, 0.3) is 0 Å². The van der Waals surface area contributed by atoms with Gasteiger partial charge in [-0.1, -0.05) is 42.5 Å². The maximum Gasteiger partial charge on any atom is 0.119 e. The standard InChI is InChI=1S/C15H16O2/c1-15(16,12-7-4-3-5-8-12)13-9-6-10-14(11-13)17-2/h3-11,16H,1-2H3/t15-/m0/s1. The predicted molar refractivity (Wildman–Crippen MR) is 68.1 cm³/mol. The summed E-state index contributed by atoms with van der Waals surface area (Å²) in [6.45, 7) is 1.79. The lowest BCUT2D eigenvalue weighted by Crippen LogP contribution is -2.22. The van der Waals surface area contributed by atoms with Crippen molar-refractivity contribution in [2.24, 2.45) is 0 Å². The summed E-state index contributed by atoms with van der Waals surface area (Å²) in [6.07, 6.45) is 0. The number of hydrogen-bond acceptors (Lipinski definition) is 2. The molecule has 2 heteroatoms. The molecule has 0 aliphatic rings. The first-order valence-electron chi connectivity index (χ1n) is 5.57. The van der Waals surface area contributed by atoms with E-state index in [-0.39, 0.29) is 0 Å². The number of rotatable bonds is 3. The molecule has 88 valence electrons. The number of hydrogen-bond donors (Lipinski definition) is 1.